The van der Waals surface area contributed by atoms with E-state index in [1.807, 2.05) is 0 Å². The van der Waals surface area contributed by atoms with Crippen molar-refractivity contribution in [3.8, 4) is 22.8 Å². The second-order valence-corrected chi connectivity index (χ2v) is 7.29. The van der Waals surface area contributed by atoms with Gasteiger partial charge in [0.1, 0.15) is 0 Å². The number of fused-ring (bicyclic) bond motifs is 2. The Morgan fingerprint density at radius 3 is 2.73 bits per heavy atom. The monoisotopic (exact) mass is 418 g/mol. The maximum absolute atomic E-state index is 13.8. The molecule has 7 nitrogen and oxygen atoms in total. The van der Waals surface area contributed by atoms with Crippen LogP contribution in [0.1, 0.15) is 36.7 Å². The van der Waals surface area contributed by atoms with Gasteiger partial charge in [-0.2, -0.15) is 18.3 Å². The number of aromatic nitrogens is 3. The third-order valence-corrected chi connectivity index (χ3v) is 5.43. The van der Waals surface area contributed by atoms with Crippen LogP contribution in [-0.2, 0) is 11.0 Å². The first-order valence-electron chi connectivity index (χ1n) is 9.53. The maximum atomic E-state index is 13.8. The molecule has 0 saturated carbocycles. The molecule has 0 N–H and O–H groups in total. The van der Waals surface area contributed by atoms with Crippen molar-refractivity contribution in [3.05, 3.63) is 41.7 Å². The van der Waals surface area contributed by atoms with E-state index in [4.69, 9.17) is 9.47 Å². The number of piperidine rings is 1. The van der Waals surface area contributed by atoms with Gasteiger partial charge in [0.15, 0.2) is 22.8 Å². The Labute approximate surface area is 169 Å². The average Bonchev–Trinajstić information content (AvgIpc) is 3.38. The molecule has 1 fully saturated rings. The van der Waals surface area contributed by atoms with E-state index in [0.29, 0.717) is 35.7 Å². The lowest BCUT2D eigenvalue weighted by Crippen LogP contribution is -2.32. The van der Waals surface area contributed by atoms with Crippen molar-refractivity contribution in [2.45, 2.75) is 31.5 Å². The highest BCUT2D eigenvalue weighted by atomic mass is 19.4. The third-order valence-electron chi connectivity index (χ3n) is 5.43. The quantitative estimate of drug-likeness (QED) is 0.605. The molecule has 2 aromatic heterocycles. The van der Waals surface area contributed by atoms with Gasteiger partial charge < -0.3 is 14.4 Å². The first-order chi connectivity index (χ1) is 14.4. The van der Waals surface area contributed by atoms with E-state index in [-0.39, 0.29) is 24.2 Å². The van der Waals surface area contributed by atoms with E-state index in [1.165, 1.54) is 6.07 Å². The molecular formula is C20H17F3N4O3. The zero-order valence-electron chi connectivity index (χ0n) is 15.7. The average molecular weight is 418 g/mol. The minimum atomic E-state index is -4.63. The van der Waals surface area contributed by atoms with E-state index < -0.39 is 11.9 Å². The standard InChI is InChI=1S/C20H17F3N4O3/c21-20(22,23)18-8-13(12-4-5-16-17(7-12)30-11-29-16)24-19-9-14(25-27(18)19)15-3-1-2-6-26(15)10-28/h4-5,7-10,15H,1-3,6,11H2. The molecule has 156 valence electrons. The minimum Gasteiger partial charge on any atom is -0.454 e. The zero-order chi connectivity index (χ0) is 20.9. The van der Waals surface area contributed by atoms with Crippen molar-refractivity contribution in [1.29, 1.82) is 0 Å². The van der Waals surface area contributed by atoms with Crippen LogP contribution in [0.15, 0.2) is 30.3 Å². The normalized spacial score (nSPS) is 18.8. The summed E-state index contributed by atoms with van der Waals surface area (Å²) in [6, 6.07) is 7.03. The molecule has 30 heavy (non-hydrogen) atoms. The topological polar surface area (TPSA) is 69.0 Å². The molecule has 2 aliphatic rings. The van der Waals surface area contributed by atoms with Gasteiger partial charge >= 0.3 is 6.18 Å². The van der Waals surface area contributed by atoms with Crippen LogP contribution >= 0.6 is 0 Å². The highest BCUT2D eigenvalue weighted by Crippen LogP contribution is 2.38. The van der Waals surface area contributed by atoms with E-state index in [0.717, 1.165) is 29.8 Å². The van der Waals surface area contributed by atoms with Crippen molar-refractivity contribution in [1.82, 2.24) is 19.5 Å². The second kappa shape index (κ2) is 6.89. The Morgan fingerprint density at radius 1 is 1.10 bits per heavy atom. The van der Waals surface area contributed by atoms with Crippen LogP contribution in [0, 0.1) is 0 Å². The molecule has 4 heterocycles. The van der Waals surface area contributed by atoms with E-state index >= 15 is 0 Å². The summed E-state index contributed by atoms with van der Waals surface area (Å²) in [6.45, 7) is 0.629. The SMILES string of the molecule is O=CN1CCCCC1c1cc2nc(-c3ccc4c(c3)OCO4)cc(C(F)(F)F)n2n1. The second-order valence-electron chi connectivity index (χ2n) is 7.29. The van der Waals surface area contributed by atoms with Gasteiger partial charge in [0.25, 0.3) is 0 Å². The van der Waals surface area contributed by atoms with E-state index in [1.54, 1.807) is 23.1 Å². The smallest absolute Gasteiger partial charge is 0.433 e. The van der Waals surface area contributed by atoms with Gasteiger partial charge in [0, 0.05) is 18.2 Å². The van der Waals surface area contributed by atoms with Crippen LogP contribution in [0.4, 0.5) is 13.2 Å². The summed E-state index contributed by atoms with van der Waals surface area (Å²) in [4.78, 5) is 17.4. The molecule has 1 aromatic carbocycles. The number of hydrogen-bond donors (Lipinski definition) is 0. The first kappa shape index (κ1) is 18.7. The number of amides is 1. The Bertz CT molecular complexity index is 1130. The number of carbonyl (C=O) groups excluding carboxylic acids is 1. The van der Waals surface area contributed by atoms with E-state index in [9.17, 15) is 18.0 Å². The van der Waals surface area contributed by atoms with Crippen molar-refractivity contribution in [2.24, 2.45) is 0 Å². The van der Waals surface area contributed by atoms with Crippen LogP contribution in [-0.4, -0.2) is 39.2 Å². The van der Waals surface area contributed by atoms with Crippen molar-refractivity contribution in [2.75, 3.05) is 13.3 Å². The van der Waals surface area contributed by atoms with Crippen LogP contribution < -0.4 is 9.47 Å². The highest BCUT2D eigenvalue weighted by Gasteiger charge is 2.36. The predicted octanol–water partition coefficient (Wildman–Crippen LogP) is 3.83. The summed E-state index contributed by atoms with van der Waals surface area (Å²) >= 11 is 0. The summed E-state index contributed by atoms with van der Waals surface area (Å²) in [5, 5.41) is 4.18. The number of halogens is 3. The largest absolute Gasteiger partial charge is 0.454 e. The third kappa shape index (κ3) is 3.12. The summed E-state index contributed by atoms with van der Waals surface area (Å²) in [6.07, 6.45) is -1.51. The highest BCUT2D eigenvalue weighted by molar-refractivity contribution is 5.67. The Hall–Kier alpha value is -3.30. The first-order valence-corrected chi connectivity index (χ1v) is 9.53. The number of nitrogens with zero attached hydrogens (tertiary/aromatic N) is 4. The lowest BCUT2D eigenvalue weighted by molar-refractivity contribution is -0.142. The van der Waals surface area contributed by atoms with Gasteiger partial charge in [-0.25, -0.2) is 9.50 Å². The summed E-state index contributed by atoms with van der Waals surface area (Å²) in [7, 11) is 0. The molecule has 1 atom stereocenters. The minimum absolute atomic E-state index is 0.0691. The summed E-state index contributed by atoms with van der Waals surface area (Å²) in [5.41, 5.74) is 0.170. The Kier molecular flexibility index (Phi) is 4.30. The molecule has 2 aliphatic heterocycles. The molecule has 1 unspecified atom stereocenters. The number of benzene rings is 1. The van der Waals surface area contributed by atoms with Gasteiger partial charge in [-0.05, 0) is 43.5 Å². The molecule has 3 aromatic rings. The van der Waals surface area contributed by atoms with Gasteiger partial charge in [-0.15, -0.1) is 0 Å². The summed E-state index contributed by atoms with van der Waals surface area (Å²) in [5.74, 6) is 0.995. The lowest BCUT2D eigenvalue weighted by Gasteiger charge is -2.31. The number of rotatable bonds is 3. The van der Waals surface area contributed by atoms with Gasteiger partial charge in [0.05, 0.1) is 17.4 Å². The lowest BCUT2D eigenvalue weighted by atomic mass is 10.0. The number of carbonyl (C=O) groups is 1. The van der Waals surface area contributed by atoms with E-state index in [2.05, 4.69) is 10.1 Å². The fraction of sp³-hybridized carbons (Fsp3) is 0.350. The van der Waals surface area contributed by atoms with Crippen LogP contribution in [0.5, 0.6) is 11.5 Å². The zero-order valence-corrected chi connectivity index (χ0v) is 15.7. The number of likely N-dealkylation sites (tertiary alicyclic amines) is 1. The van der Waals surface area contributed by atoms with Crippen LogP contribution in [0.2, 0.25) is 0 Å². The molecule has 0 aliphatic carbocycles. The molecule has 1 amide bonds. The summed E-state index contributed by atoms with van der Waals surface area (Å²) < 4.78 is 52.9. The number of alkyl halides is 3. The molecular weight excluding hydrogens is 401 g/mol. The number of hydrogen-bond acceptors (Lipinski definition) is 5. The molecule has 5 rings (SSSR count). The van der Waals surface area contributed by atoms with Gasteiger partial charge in [0.2, 0.25) is 13.2 Å². The molecule has 0 spiro atoms. The molecule has 1 saturated heterocycles. The van der Waals surface area contributed by atoms with Crippen LogP contribution in [0.3, 0.4) is 0 Å². The Balaban J connectivity index is 1.64. The fourth-order valence-electron chi connectivity index (χ4n) is 3.96. The van der Waals surface area contributed by atoms with Crippen LogP contribution in [0.25, 0.3) is 16.9 Å². The molecule has 0 radical (unpaired) electrons. The van der Waals surface area contributed by atoms with Crippen molar-refractivity contribution >= 4 is 12.1 Å². The van der Waals surface area contributed by atoms with Gasteiger partial charge in [-0.1, -0.05) is 0 Å². The van der Waals surface area contributed by atoms with Crippen molar-refractivity contribution < 1.29 is 27.4 Å². The fourth-order valence-corrected chi connectivity index (χ4v) is 3.96. The molecule has 0 bridgehead atoms. The Morgan fingerprint density at radius 2 is 1.93 bits per heavy atom. The maximum Gasteiger partial charge on any atom is 0.433 e. The predicted molar refractivity (Wildman–Crippen MR) is 98.9 cm³/mol. The number of ether oxygens (including phenoxy) is 2. The van der Waals surface area contributed by atoms with Gasteiger partial charge in [-0.3, -0.25) is 4.79 Å². The molecule has 10 heteroatoms. The van der Waals surface area contributed by atoms with Crippen molar-refractivity contribution in [3.63, 3.8) is 0 Å².